The van der Waals surface area contributed by atoms with Crippen LogP contribution in [0.15, 0.2) is 48.1 Å². The molecule has 3 heterocycles. The van der Waals surface area contributed by atoms with Gasteiger partial charge in [-0.2, -0.15) is 0 Å². The predicted octanol–water partition coefficient (Wildman–Crippen LogP) is 3.88. The van der Waals surface area contributed by atoms with Crippen LogP contribution in [-0.4, -0.2) is 44.9 Å². The molecule has 1 unspecified atom stereocenters. The van der Waals surface area contributed by atoms with Crippen LogP contribution >= 0.6 is 11.3 Å². The Hall–Kier alpha value is -3.57. The molecule has 174 valence electrons. The number of nitrogens with zero attached hydrogens (tertiary/aromatic N) is 3. The quantitative estimate of drug-likeness (QED) is 0.372. The highest BCUT2D eigenvalue weighted by molar-refractivity contribution is 7.13. The third-order valence-electron chi connectivity index (χ3n) is 4.35. The molecular formula is C22H26N6O4S. The number of aliphatic hydroxyl groups is 1. The molecule has 0 saturated heterocycles. The fraction of sp³-hybridized carbons (Fsp3) is 0.318. The first-order valence-corrected chi connectivity index (χ1v) is 11.3. The van der Waals surface area contributed by atoms with Crippen molar-refractivity contribution in [1.82, 2.24) is 20.3 Å². The summed E-state index contributed by atoms with van der Waals surface area (Å²) in [4.78, 5) is 37.0. The number of aromatic nitrogens is 3. The van der Waals surface area contributed by atoms with Gasteiger partial charge in [-0.3, -0.25) is 15.6 Å². The summed E-state index contributed by atoms with van der Waals surface area (Å²) in [5, 5.41) is 19.8. The van der Waals surface area contributed by atoms with Gasteiger partial charge in [0.15, 0.2) is 0 Å². The first-order chi connectivity index (χ1) is 15.9. The molecule has 3 rings (SSSR count). The first kappa shape index (κ1) is 24.1. The van der Waals surface area contributed by atoms with E-state index in [1.165, 1.54) is 11.3 Å². The highest BCUT2D eigenvalue weighted by Gasteiger charge is 2.15. The van der Waals surface area contributed by atoms with Crippen LogP contribution in [-0.2, 0) is 11.3 Å². The van der Waals surface area contributed by atoms with Gasteiger partial charge < -0.3 is 15.2 Å². The van der Waals surface area contributed by atoms with Gasteiger partial charge in [0.2, 0.25) is 0 Å². The van der Waals surface area contributed by atoms with Crippen molar-refractivity contribution in [2.24, 2.45) is 5.92 Å². The lowest BCUT2D eigenvalue weighted by Gasteiger charge is -2.17. The lowest BCUT2D eigenvalue weighted by atomic mass is 10.1. The van der Waals surface area contributed by atoms with Gasteiger partial charge in [-0.1, -0.05) is 19.9 Å². The van der Waals surface area contributed by atoms with Gasteiger partial charge >= 0.3 is 12.1 Å². The van der Waals surface area contributed by atoms with Crippen molar-refractivity contribution in [3.63, 3.8) is 0 Å². The molecule has 3 amide bonds. The van der Waals surface area contributed by atoms with E-state index in [-0.39, 0.29) is 19.1 Å². The molecule has 0 aliphatic heterocycles. The summed E-state index contributed by atoms with van der Waals surface area (Å²) >= 11 is 1.41. The molecule has 11 heteroatoms. The van der Waals surface area contributed by atoms with Gasteiger partial charge in [0.1, 0.15) is 22.7 Å². The zero-order valence-corrected chi connectivity index (χ0v) is 19.1. The second kappa shape index (κ2) is 11.9. The van der Waals surface area contributed by atoms with E-state index in [2.05, 4.69) is 30.9 Å². The van der Waals surface area contributed by atoms with Crippen molar-refractivity contribution < 1.29 is 19.4 Å². The Bertz CT molecular complexity index is 1060. The number of carbonyl (C=O) groups is 2. The number of alkyl carbamates (subject to hydrolysis) is 1. The van der Waals surface area contributed by atoms with Crippen LogP contribution < -0.4 is 16.0 Å². The molecule has 0 bridgehead atoms. The number of nitrogens with one attached hydrogen (secondary N) is 3. The number of pyridine rings is 2. The highest BCUT2D eigenvalue weighted by Crippen LogP contribution is 2.25. The minimum atomic E-state index is -0.638. The van der Waals surface area contributed by atoms with Crippen molar-refractivity contribution in [3.8, 4) is 10.6 Å². The maximum absolute atomic E-state index is 12.3. The summed E-state index contributed by atoms with van der Waals surface area (Å²) in [6.45, 7) is 3.84. The molecule has 0 aliphatic rings. The molecule has 1 atom stereocenters. The normalized spacial score (nSPS) is 11.6. The predicted molar refractivity (Wildman–Crippen MR) is 126 cm³/mol. The number of amides is 3. The van der Waals surface area contributed by atoms with E-state index >= 15 is 0 Å². The molecule has 10 nitrogen and oxygen atoms in total. The van der Waals surface area contributed by atoms with Gasteiger partial charge in [0, 0.05) is 23.3 Å². The summed E-state index contributed by atoms with van der Waals surface area (Å²) in [6.07, 6.45) is 2.74. The Morgan fingerprint density at radius 2 is 1.85 bits per heavy atom. The van der Waals surface area contributed by atoms with Crippen molar-refractivity contribution in [3.05, 3.63) is 53.8 Å². The molecule has 0 saturated carbocycles. The van der Waals surface area contributed by atoms with E-state index in [1.54, 1.807) is 36.0 Å². The summed E-state index contributed by atoms with van der Waals surface area (Å²) < 4.78 is 5.21. The Kier molecular flexibility index (Phi) is 8.67. The van der Waals surface area contributed by atoms with Gasteiger partial charge in [-0.15, -0.1) is 11.3 Å². The van der Waals surface area contributed by atoms with Crippen LogP contribution in [0.3, 0.4) is 0 Å². The summed E-state index contributed by atoms with van der Waals surface area (Å²) in [5.41, 5.74) is 1.45. The molecular weight excluding hydrogens is 444 g/mol. The topological polar surface area (TPSA) is 138 Å². The van der Waals surface area contributed by atoms with E-state index in [9.17, 15) is 14.7 Å². The number of urea groups is 1. The zero-order chi connectivity index (χ0) is 23.6. The highest BCUT2D eigenvalue weighted by atomic mass is 32.1. The number of carbonyl (C=O) groups excluding carboxylic acids is 2. The molecule has 3 aromatic heterocycles. The zero-order valence-electron chi connectivity index (χ0n) is 18.3. The van der Waals surface area contributed by atoms with Crippen molar-refractivity contribution in [2.75, 3.05) is 17.2 Å². The minimum absolute atomic E-state index is 0.108. The average Bonchev–Trinajstić information content (AvgIpc) is 3.26. The number of ether oxygens (including phenoxy) is 1. The Labute approximate surface area is 195 Å². The first-order valence-electron chi connectivity index (χ1n) is 10.4. The minimum Gasteiger partial charge on any atom is -0.444 e. The summed E-state index contributed by atoms with van der Waals surface area (Å²) in [7, 11) is 0. The second-order valence-corrected chi connectivity index (χ2v) is 8.42. The molecule has 4 N–H and O–H groups in total. The van der Waals surface area contributed by atoms with Crippen molar-refractivity contribution >= 4 is 35.1 Å². The summed E-state index contributed by atoms with van der Waals surface area (Å²) in [5.74, 6) is 1.03. The SMILES string of the molecule is CC(C)CC(CO)OC(=O)NCc1cccc(NC(=O)Nc2csc(-c3ccncc3)n2)n1. The fourth-order valence-corrected chi connectivity index (χ4v) is 3.67. The van der Waals surface area contributed by atoms with E-state index in [0.717, 1.165) is 10.6 Å². The number of thiazole rings is 1. The fourth-order valence-electron chi connectivity index (χ4n) is 2.91. The number of aliphatic hydroxyl groups excluding tert-OH is 1. The number of anilines is 2. The van der Waals surface area contributed by atoms with Crippen LogP contribution in [0.5, 0.6) is 0 Å². The Morgan fingerprint density at radius 1 is 1.09 bits per heavy atom. The monoisotopic (exact) mass is 470 g/mol. The van der Waals surface area contributed by atoms with Crippen LogP contribution in [0.25, 0.3) is 10.6 Å². The van der Waals surface area contributed by atoms with Gasteiger partial charge in [0.25, 0.3) is 0 Å². The van der Waals surface area contributed by atoms with Crippen molar-refractivity contribution in [1.29, 1.82) is 0 Å². The lowest BCUT2D eigenvalue weighted by Crippen LogP contribution is -2.31. The Morgan fingerprint density at radius 3 is 2.58 bits per heavy atom. The molecule has 0 spiro atoms. The lowest BCUT2D eigenvalue weighted by molar-refractivity contribution is 0.0455. The number of hydrogen-bond donors (Lipinski definition) is 4. The van der Waals surface area contributed by atoms with Gasteiger partial charge in [-0.05, 0) is 36.6 Å². The molecule has 0 radical (unpaired) electrons. The molecule has 0 aromatic carbocycles. The molecule has 0 fully saturated rings. The molecule has 33 heavy (non-hydrogen) atoms. The second-order valence-electron chi connectivity index (χ2n) is 7.56. The molecule has 0 aliphatic carbocycles. The Balaban J connectivity index is 1.50. The number of rotatable bonds is 9. The largest absolute Gasteiger partial charge is 0.444 e. The maximum atomic E-state index is 12.3. The number of hydrogen-bond acceptors (Lipinski definition) is 8. The van der Waals surface area contributed by atoms with E-state index < -0.39 is 18.2 Å². The molecule has 3 aromatic rings. The van der Waals surface area contributed by atoms with Crippen molar-refractivity contribution in [2.45, 2.75) is 32.9 Å². The van der Waals surface area contributed by atoms with Crippen LogP contribution in [0, 0.1) is 5.92 Å². The van der Waals surface area contributed by atoms with Gasteiger partial charge in [0.05, 0.1) is 18.8 Å². The van der Waals surface area contributed by atoms with Gasteiger partial charge in [-0.25, -0.2) is 19.6 Å². The summed E-state index contributed by atoms with van der Waals surface area (Å²) in [6, 6.07) is 8.26. The van der Waals surface area contributed by atoms with Crippen LogP contribution in [0.1, 0.15) is 26.0 Å². The van der Waals surface area contributed by atoms with E-state index in [0.29, 0.717) is 23.8 Å². The van der Waals surface area contributed by atoms with E-state index in [1.807, 2.05) is 26.0 Å². The van der Waals surface area contributed by atoms with Crippen LogP contribution in [0.4, 0.5) is 21.2 Å². The standard InChI is InChI=1S/C22H26N6O4S/c1-14(2)10-17(12-29)32-22(31)24-11-16-4-3-5-18(25-16)27-21(30)28-19-13-33-20(26-19)15-6-8-23-9-7-15/h3-9,13-14,17,29H,10-12H2,1-2H3,(H,24,31)(H2,25,27,28,30). The third kappa shape index (κ3) is 7.81. The van der Waals surface area contributed by atoms with Crippen LogP contribution in [0.2, 0.25) is 0 Å². The average molecular weight is 471 g/mol. The third-order valence-corrected chi connectivity index (χ3v) is 5.24. The maximum Gasteiger partial charge on any atom is 0.407 e. The smallest absolute Gasteiger partial charge is 0.407 e. The van der Waals surface area contributed by atoms with E-state index in [4.69, 9.17) is 4.74 Å².